The van der Waals surface area contributed by atoms with E-state index in [-0.39, 0.29) is 28.1 Å². The third-order valence-corrected chi connectivity index (χ3v) is 4.73. The Morgan fingerprint density at radius 1 is 0.935 bits per heavy atom. The molecule has 0 unspecified atom stereocenters. The molecule has 4 rings (SSSR count). The normalized spacial score (nSPS) is 10.7. The van der Waals surface area contributed by atoms with Crippen molar-refractivity contribution in [2.45, 2.75) is 13.1 Å². The summed E-state index contributed by atoms with van der Waals surface area (Å²) in [6.45, 7) is 0.513. The number of pyridine rings is 1. The minimum Gasteiger partial charge on any atom is -0.506 e. The Bertz CT molecular complexity index is 1290. The van der Waals surface area contributed by atoms with E-state index in [4.69, 9.17) is 0 Å². The summed E-state index contributed by atoms with van der Waals surface area (Å²) < 4.78 is 0.238. The monoisotopic (exact) mass is 417 g/mol. The fourth-order valence-corrected chi connectivity index (χ4v) is 3.17. The van der Waals surface area contributed by atoms with E-state index in [1.807, 2.05) is 60.7 Å². The van der Waals surface area contributed by atoms with Gasteiger partial charge in [0.25, 0.3) is 5.91 Å². The van der Waals surface area contributed by atoms with Crippen LogP contribution in [-0.4, -0.2) is 30.9 Å². The van der Waals surface area contributed by atoms with Crippen LogP contribution in [0.2, 0.25) is 0 Å². The second-order valence-corrected chi connectivity index (χ2v) is 6.77. The lowest BCUT2D eigenvalue weighted by Gasteiger charge is -2.13. The first kappa shape index (κ1) is 19.9. The van der Waals surface area contributed by atoms with Gasteiger partial charge in [-0.3, -0.25) is 9.59 Å². The number of amides is 1. The Morgan fingerprint density at radius 3 is 2.19 bits per heavy atom. The summed E-state index contributed by atoms with van der Waals surface area (Å²) in [6, 6.07) is 18.6. The predicted octanol–water partition coefficient (Wildman–Crippen LogP) is 2.28. The van der Waals surface area contributed by atoms with Crippen LogP contribution in [0.15, 0.2) is 71.8 Å². The van der Waals surface area contributed by atoms with Crippen LogP contribution in [-0.2, 0) is 13.1 Å². The number of benzene rings is 2. The zero-order valence-corrected chi connectivity index (χ0v) is 16.3. The van der Waals surface area contributed by atoms with E-state index in [9.17, 15) is 19.9 Å². The van der Waals surface area contributed by atoms with Crippen LogP contribution in [0.4, 0.5) is 5.82 Å². The highest BCUT2D eigenvalue weighted by Crippen LogP contribution is 2.30. The fourth-order valence-electron chi connectivity index (χ4n) is 3.17. The van der Waals surface area contributed by atoms with Crippen LogP contribution in [0.25, 0.3) is 11.0 Å². The van der Waals surface area contributed by atoms with Crippen molar-refractivity contribution in [2.24, 2.45) is 0 Å². The number of carbonyl (C=O) groups excluding carboxylic acids is 1. The van der Waals surface area contributed by atoms with Crippen LogP contribution in [0, 0.1) is 0 Å². The molecule has 1 amide bonds. The van der Waals surface area contributed by atoms with Gasteiger partial charge in [0.05, 0.1) is 0 Å². The molecule has 0 saturated carbocycles. The molecule has 156 valence electrons. The number of carbonyl (C=O) groups is 1. The SMILES string of the molecule is O=C(NCc1ccccc1)c1c(O)c2c(NCc3ccccc3)ncnc2n(O)c1=O. The van der Waals surface area contributed by atoms with Gasteiger partial charge in [0, 0.05) is 13.1 Å². The molecule has 4 aromatic rings. The Balaban J connectivity index is 1.70. The highest BCUT2D eigenvalue weighted by molar-refractivity contribution is 6.04. The maximum Gasteiger partial charge on any atom is 0.301 e. The number of aromatic nitrogens is 3. The molecule has 9 nitrogen and oxygen atoms in total. The molecule has 0 aliphatic heterocycles. The van der Waals surface area contributed by atoms with Gasteiger partial charge in [-0.2, -0.15) is 0 Å². The van der Waals surface area contributed by atoms with Crippen molar-refractivity contribution in [3.63, 3.8) is 0 Å². The maximum atomic E-state index is 12.7. The van der Waals surface area contributed by atoms with E-state index in [0.29, 0.717) is 6.54 Å². The van der Waals surface area contributed by atoms with Crippen molar-refractivity contribution in [3.05, 3.63) is 94.0 Å². The highest BCUT2D eigenvalue weighted by atomic mass is 16.5. The molecule has 0 aliphatic carbocycles. The van der Waals surface area contributed by atoms with Crippen LogP contribution >= 0.6 is 0 Å². The van der Waals surface area contributed by atoms with Gasteiger partial charge in [-0.15, -0.1) is 4.73 Å². The van der Waals surface area contributed by atoms with E-state index in [2.05, 4.69) is 20.6 Å². The molecule has 31 heavy (non-hydrogen) atoms. The molecule has 9 heteroatoms. The Morgan fingerprint density at radius 2 is 1.55 bits per heavy atom. The average Bonchev–Trinajstić information content (AvgIpc) is 2.81. The van der Waals surface area contributed by atoms with Crippen LogP contribution < -0.4 is 16.2 Å². The van der Waals surface area contributed by atoms with Crippen LogP contribution in [0.3, 0.4) is 0 Å². The van der Waals surface area contributed by atoms with Gasteiger partial charge in [-0.1, -0.05) is 60.7 Å². The van der Waals surface area contributed by atoms with E-state index < -0.39 is 22.8 Å². The van der Waals surface area contributed by atoms with Gasteiger partial charge in [0.2, 0.25) is 0 Å². The smallest absolute Gasteiger partial charge is 0.301 e. The van der Waals surface area contributed by atoms with Gasteiger partial charge < -0.3 is 20.9 Å². The first-order chi connectivity index (χ1) is 15.1. The van der Waals surface area contributed by atoms with E-state index in [1.54, 1.807) is 0 Å². The number of nitrogens with zero attached hydrogens (tertiary/aromatic N) is 3. The lowest BCUT2D eigenvalue weighted by Crippen LogP contribution is -2.33. The van der Waals surface area contributed by atoms with Gasteiger partial charge in [-0.05, 0) is 11.1 Å². The average molecular weight is 417 g/mol. The van der Waals surface area contributed by atoms with E-state index in [1.165, 1.54) is 0 Å². The molecule has 0 radical (unpaired) electrons. The van der Waals surface area contributed by atoms with E-state index >= 15 is 0 Å². The lowest BCUT2D eigenvalue weighted by molar-refractivity contribution is 0.0940. The van der Waals surface area contributed by atoms with Crippen molar-refractivity contribution in [2.75, 3.05) is 5.32 Å². The van der Waals surface area contributed by atoms with Gasteiger partial charge in [0.1, 0.15) is 23.3 Å². The topological polar surface area (TPSA) is 129 Å². The Kier molecular flexibility index (Phi) is 5.48. The van der Waals surface area contributed by atoms with Crippen molar-refractivity contribution in [3.8, 4) is 5.75 Å². The number of nitrogens with one attached hydrogen (secondary N) is 2. The van der Waals surface area contributed by atoms with Crippen molar-refractivity contribution in [1.82, 2.24) is 20.0 Å². The molecule has 0 atom stereocenters. The number of anilines is 1. The zero-order chi connectivity index (χ0) is 21.8. The number of aromatic hydroxyl groups is 1. The van der Waals surface area contributed by atoms with Crippen LogP contribution in [0.1, 0.15) is 21.5 Å². The molecule has 0 spiro atoms. The molecular weight excluding hydrogens is 398 g/mol. The summed E-state index contributed by atoms with van der Waals surface area (Å²) >= 11 is 0. The van der Waals surface area contributed by atoms with Crippen LogP contribution in [0.5, 0.6) is 5.75 Å². The molecule has 0 fully saturated rings. The standard InChI is InChI=1S/C22H19N5O4/c28-18-16-19(23-11-14-7-3-1-4-8-14)25-13-26-20(16)27(31)22(30)17(18)21(29)24-12-15-9-5-2-6-10-15/h1-10,13,28,31H,11-12H2,(H,24,29)(H,23,25,26). The predicted molar refractivity (Wildman–Crippen MR) is 114 cm³/mol. The first-order valence-electron chi connectivity index (χ1n) is 9.48. The molecule has 0 bridgehead atoms. The lowest BCUT2D eigenvalue weighted by atomic mass is 10.1. The molecule has 0 aliphatic rings. The molecular formula is C22H19N5O4. The summed E-state index contributed by atoms with van der Waals surface area (Å²) in [5, 5.41) is 26.7. The molecule has 2 aromatic heterocycles. The minimum absolute atomic E-state index is 0.0367. The number of rotatable bonds is 6. The Labute approximate surface area is 176 Å². The third kappa shape index (κ3) is 4.01. The molecule has 4 N–H and O–H groups in total. The van der Waals surface area contributed by atoms with Gasteiger partial charge in [-0.25, -0.2) is 9.97 Å². The van der Waals surface area contributed by atoms with Gasteiger partial charge in [0.15, 0.2) is 11.2 Å². The van der Waals surface area contributed by atoms with Crippen molar-refractivity contribution < 1.29 is 15.1 Å². The summed E-state index contributed by atoms with van der Waals surface area (Å²) in [5.74, 6) is -1.26. The van der Waals surface area contributed by atoms with Gasteiger partial charge >= 0.3 is 5.56 Å². The maximum absolute atomic E-state index is 12.7. The number of fused-ring (bicyclic) bond motifs is 1. The molecule has 0 saturated heterocycles. The number of hydrogen-bond donors (Lipinski definition) is 4. The Hall–Kier alpha value is -4.40. The summed E-state index contributed by atoms with van der Waals surface area (Å²) in [6.07, 6.45) is 1.15. The fraction of sp³-hybridized carbons (Fsp3) is 0.0909. The summed E-state index contributed by atoms with van der Waals surface area (Å²) in [5.41, 5.74) is -0.125. The van der Waals surface area contributed by atoms with E-state index in [0.717, 1.165) is 17.5 Å². The first-order valence-corrected chi connectivity index (χ1v) is 9.48. The van der Waals surface area contributed by atoms with Crippen molar-refractivity contribution in [1.29, 1.82) is 0 Å². The zero-order valence-electron chi connectivity index (χ0n) is 16.3. The molecule has 2 aromatic carbocycles. The second kappa shape index (κ2) is 8.54. The molecule has 2 heterocycles. The minimum atomic E-state index is -1.08. The second-order valence-electron chi connectivity index (χ2n) is 6.77. The number of hydrogen-bond acceptors (Lipinski definition) is 7. The largest absolute Gasteiger partial charge is 0.506 e. The summed E-state index contributed by atoms with van der Waals surface area (Å²) in [7, 11) is 0. The van der Waals surface area contributed by atoms with Crippen molar-refractivity contribution >= 4 is 22.8 Å². The summed E-state index contributed by atoms with van der Waals surface area (Å²) in [4.78, 5) is 33.2. The third-order valence-electron chi connectivity index (χ3n) is 4.73. The highest BCUT2D eigenvalue weighted by Gasteiger charge is 2.25. The quantitative estimate of drug-likeness (QED) is 0.354.